The maximum Gasteiger partial charge on any atom is 0.420 e. The highest BCUT2D eigenvalue weighted by Gasteiger charge is 2.35. The molecule has 246 valence electrons. The van der Waals surface area contributed by atoms with Crippen molar-refractivity contribution in [1.29, 1.82) is 0 Å². The Labute approximate surface area is 267 Å². The monoisotopic (exact) mass is 637 g/mol. The van der Waals surface area contributed by atoms with Crippen molar-refractivity contribution < 1.29 is 22.7 Å². The summed E-state index contributed by atoms with van der Waals surface area (Å²) < 4.78 is 48.4. The van der Waals surface area contributed by atoms with Crippen LogP contribution < -0.4 is 21.1 Å². The molecule has 0 unspecified atom stereocenters. The number of aryl methyl sites for hydroxylation is 2. The summed E-state index contributed by atoms with van der Waals surface area (Å²) in [4.78, 5) is 22.3. The minimum atomic E-state index is -4.62. The third-order valence-corrected chi connectivity index (χ3v) is 8.39. The first-order valence-electron chi connectivity index (χ1n) is 16.0. The van der Waals surface area contributed by atoms with Crippen LogP contribution in [0.5, 0.6) is 5.75 Å². The van der Waals surface area contributed by atoms with Gasteiger partial charge in [-0.1, -0.05) is 26.7 Å². The van der Waals surface area contributed by atoms with E-state index in [-0.39, 0.29) is 30.5 Å². The molecule has 46 heavy (non-hydrogen) atoms. The molecule has 0 aliphatic heterocycles. The first-order chi connectivity index (χ1) is 22.0. The van der Waals surface area contributed by atoms with E-state index in [1.54, 1.807) is 11.7 Å². The van der Waals surface area contributed by atoms with Crippen LogP contribution in [0.2, 0.25) is 0 Å². The third kappa shape index (κ3) is 8.14. The fraction of sp³-hybridized carbons (Fsp3) is 0.471. The zero-order chi connectivity index (χ0) is 32.8. The smallest absolute Gasteiger partial charge is 0.420 e. The lowest BCUT2D eigenvalue weighted by atomic mass is 9.92. The maximum absolute atomic E-state index is 13.8. The number of hydrogen-bond acceptors (Lipinski definition) is 7. The van der Waals surface area contributed by atoms with Crippen LogP contribution in [0.1, 0.15) is 75.6 Å². The molecule has 4 N–H and O–H groups in total. The molecule has 1 aliphatic carbocycles. The van der Waals surface area contributed by atoms with Gasteiger partial charge in [-0.3, -0.25) is 9.48 Å². The predicted molar refractivity (Wildman–Crippen MR) is 174 cm³/mol. The number of benzene rings is 2. The van der Waals surface area contributed by atoms with Crippen molar-refractivity contribution in [1.82, 2.24) is 19.7 Å². The number of rotatable bonds is 12. The summed E-state index contributed by atoms with van der Waals surface area (Å²) in [5.74, 6) is -0.110. The summed E-state index contributed by atoms with van der Waals surface area (Å²) in [5.41, 5.74) is 9.30. The van der Waals surface area contributed by atoms with Crippen LogP contribution in [0.3, 0.4) is 0 Å². The molecule has 1 amide bonds. The number of hydrogen-bond donors (Lipinski definition) is 3. The van der Waals surface area contributed by atoms with E-state index < -0.39 is 17.6 Å². The Balaban J connectivity index is 1.29. The molecule has 0 atom stereocenters. The number of nitrogens with one attached hydrogen (secondary N) is 2. The van der Waals surface area contributed by atoms with Crippen molar-refractivity contribution in [2.45, 2.75) is 89.9 Å². The van der Waals surface area contributed by atoms with Crippen molar-refractivity contribution in [3.63, 3.8) is 0 Å². The lowest BCUT2D eigenvalue weighted by molar-refractivity contribution is -0.139. The van der Waals surface area contributed by atoms with E-state index in [0.717, 1.165) is 78.7 Å². The molecular formula is C34H42F3N7O2. The number of fused-ring (bicyclic) bond motifs is 1. The van der Waals surface area contributed by atoms with E-state index in [1.165, 1.54) is 12.1 Å². The van der Waals surface area contributed by atoms with Gasteiger partial charge in [0.2, 0.25) is 11.9 Å². The minimum absolute atomic E-state index is 0.0393. The largest absolute Gasteiger partial charge is 0.493 e. The Morgan fingerprint density at radius 1 is 1.09 bits per heavy atom. The highest BCUT2D eigenvalue weighted by molar-refractivity contribution is 5.92. The van der Waals surface area contributed by atoms with E-state index >= 15 is 0 Å². The second-order valence-electron chi connectivity index (χ2n) is 12.0. The number of aromatic nitrogens is 4. The molecule has 9 nitrogen and oxygen atoms in total. The Hall–Kier alpha value is -4.19. The molecule has 1 saturated carbocycles. The van der Waals surface area contributed by atoms with Gasteiger partial charge in [0.05, 0.1) is 35.5 Å². The zero-order valence-corrected chi connectivity index (χ0v) is 26.6. The van der Waals surface area contributed by atoms with Gasteiger partial charge in [0.25, 0.3) is 0 Å². The third-order valence-electron chi connectivity index (χ3n) is 8.39. The number of ether oxygens (including phenoxy) is 1. The Bertz CT molecular complexity index is 1660. The molecule has 2 aromatic carbocycles. The maximum atomic E-state index is 13.8. The summed E-state index contributed by atoms with van der Waals surface area (Å²) in [6.07, 6.45) is 4.30. The lowest BCUT2D eigenvalue weighted by Crippen LogP contribution is -2.33. The second kappa shape index (κ2) is 14.5. The minimum Gasteiger partial charge on any atom is -0.493 e. The molecule has 1 aliphatic rings. The SMILES string of the molecule is CCCCCOc1ccc(NC(=O)Cc2cc(-c3cc(CC)c4nc(NC5CCC(N)CC5)ncc4c3)n(C)n2)cc1C(F)(F)F. The molecule has 1 fully saturated rings. The average molecular weight is 638 g/mol. The summed E-state index contributed by atoms with van der Waals surface area (Å²) in [7, 11) is 1.79. The molecule has 5 rings (SSSR count). The summed E-state index contributed by atoms with van der Waals surface area (Å²) in [6, 6.07) is 10.1. The number of amides is 1. The highest BCUT2D eigenvalue weighted by Crippen LogP contribution is 2.38. The van der Waals surface area contributed by atoms with E-state index in [9.17, 15) is 18.0 Å². The van der Waals surface area contributed by atoms with Gasteiger partial charge in [-0.25, -0.2) is 9.97 Å². The molecule has 0 spiro atoms. The number of anilines is 2. The van der Waals surface area contributed by atoms with Crippen LogP contribution in [0.4, 0.5) is 24.8 Å². The molecule has 12 heteroatoms. The van der Waals surface area contributed by atoms with Gasteiger partial charge in [-0.05, 0) is 80.5 Å². The quantitative estimate of drug-likeness (QED) is 0.143. The van der Waals surface area contributed by atoms with Gasteiger partial charge in [0, 0.05) is 42.0 Å². The first-order valence-corrected chi connectivity index (χ1v) is 16.0. The molecule has 2 heterocycles. The normalized spacial score (nSPS) is 16.8. The summed E-state index contributed by atoms with van der Waals surface area (Å²) in [5, 5.41) is 11.5. The van der Waals surface area contributed by atoms with Gasteiger partial charge < -0.3 is 21.1 Å². The molecular weight excluding hydrogens is 595 g/mol. The number of alkyl halides is 3. The highest BCUT2D eigenvalue weighted by atomic mass is 19.4. The molecule has 0 radical (unpaired) electrons. The molecule has 2 aromatic heterocycles. The first kappa shape index (κ1) is 33.2. The van der Waals surface area contributed by atoms with Gasteiger partial charge in [0.15, 0.2) is 0 Å². The topological polar surface area (TPSA) is 120 Å². The predicted octanol–water partition coefficient (Wildman–Crippen LogP) is 7.04. The van der Waals surface area contributed by atoms with Crippen molar-refractivity contribution >= 4 is 28.4 Å². The summed E-state index contributed by atoms with van der Waals surface area (Å²) >= 11 is 0. The fourth-order valence-corrected chi connectivity index (χ4v) is 5.89. The standard InChI is InChI=1S/C34H42F3N7O2/c1-4-6-7-14-46-30-13-12-26(17-28(30)34(35,36)37)40-31(45)19-27-18-29(44(3)43-27)22-15-21(5-2)32-23(16-22)20-39-33(42-32)41-25-10-8-24(38)9-11-25/h12-13,15-18,20,24-25H,4-11,14,19,38H2,1-3H3,(H,40,45)(H,39,41,42). The van der Waals surface area contributed by atoms with Crippen molar-refractivity contribution in [2.24, 2.45) is 12.8 Å². The van der Waals surface area contributed by atoms with Crippen LogP contribution >= 0.6 is 0 Å². The van der Waals surface area contributed by atoms with E-state index in [4.69, 9.17) is 15.5 Å². The number of unbranched alkanes of at least 4 members (excludes halogenated alkanes) is 2. The summed E-state index contributed by atoms with van der Waals surface area (Å²) in [6.45, 7) is 4.28. The number of halogens is 3. The van der Waals surface area contributed by atoms with Crippen LogP contribution in [-0.4, -0.2) is 44.3 Å². The number of carbonyl (C=O) groups excluding carboxylic acids is 1. The number of nitrogens with two attached hydrogens (primary N) is 1. The van der Waals surface area contributed by atoms with E-state index in [0.29, 0.717) is 24.1 Å². The van der Waals surface area contributed by atoms with Crippen LogP contribution in [0.25, 0.3) is 22.2 Å². The van der Waals surface area contributed by atoms with Gasteiger partial charge >= 0.3 is 6.18 Å². The van der Waals surface area contributed by atoms with E-state index in [1.807, 2.05) is 25.3 Å². The number of carbonyl (C=O) groups is 1. The van der Waals surface area contributed by atoms with Crippen molar-refractivity contribution in [3.8, 4) is 17.0 Å². The van der Waals surface area contributed by atoms with Crippen molar-refractivity contribution in [3.05, 3.63) is 59.4 Å². The fourth-order valence-electron chi connectivity index (χ4n) is 5.89. The van der Waals surface area contributed by atoms with Crippen LogP contribution in [-0.2, 0) is 30.9 Å². The van der Waals surface area contributed by atoms with Crippen LogP contribution in [0.15, 0.2) is 42.6 Å². The Morgan fingerprint density at radius 3 is 2.59 bits per heavy atom. The average Bonchev–Trinajstić information content (AvgIpc) is 3.39. The zero-order valence-electron chi connectivity index (χ0n) is 26.6. The van der Waals surface area contributed by atoms with Gasteiger partial charge in [-0.2, -0.15) is 18.3 Å². The second-order valence-corrected chi connectivity index (χ2v) is 12.0. The Kier molecular flexibility index (Phi) is 10.5. The number of nitrogens with zero attached hydrogens (tertiary/aromatic N) is 4. The van der Waals surface area contributed by atoms with Crippen molar-refractivity contribution in [2.75, 3.05) is 17.2 Å². The van der Waals surface area contributed by atoms with Gasteiger partial charge in [0.1, 0.15) is 5.75 Å². The van der Waals surface area contributed by atoms with Gasteiger partial charge in [-0.15, -0.1) is 0 Å². The molecule has 0 saturated heterocycles. The molecule has 4 aromatic rings. The molecule has 0 bridgehead atoms. The van der Waals surface area contributed by atoms with Crippen LogP contribution in [0, 0.1) is 0 Å². The van der Waals surface area contributed by atoms with E-state index in [2.05, 4.69) is 33.7 Å². The lowest BCUT2D eigenvalue weighted by Gasteiger charge is -2.26. The Morgan fingerprint density at radius 2 is 1.87 bits per heavy atom.